The Hall–Kier alpha value is -3.74. The number of anilines is 1. The van der Waals surface area contributed by atoms with Crippen molar-refractivity contribution in [3.05, 3.63) is 64.7 Å². The summed E-state index contributed by atoms with van der Waals surface area (Å²) in [6, 6.07) is 7.67. The quantitative estimate of drug-likeness (QED) is 0.493. The molecule has 10 heteroatoms. The number of aryl methyl sites for hydroxylation is 1. The molecule has 2 heterocycles. The molecule has 0 radical (unpaired) electrons. The molecular weight excluding hydrogens is 450 g/mol. The summed E-state index contributed by atoms with van der Waals surface area (Å²) >= 11 is 0. The van der Waals surface area contributed by atoms with Crippen LogP contribution in [0.2, 0.25) is 0 Å². The van der Waals surface area contributed by atoms with Crippen LogP contribution in [0.5, 0.6) is 0 Å². The summed E-state index contributed by atoms with van der Waals surface area (Å²) in [5, 5.41) is 9.96. The van der Waals surface area contributed by atoms with Crippen LogP contribution in [0.1, 0.15) is 47.4 Å². The van der Waals surface area contributed by atoms with Gasteiger partial charge >= 0.3 is 6.18 Å². The van der Waals surface area contributed by atoms with Crippen molar-refractivity contribution in [1.82, 2.24) is 14.9 Å². The second-order valence-corrected chi connectivity index (χ2v) is 8.08. The molecule has 6 nitrogen and oxygen atoms in total. The first-order chi connectivity index (χ1) is 16.0. The highest BCUT2D eigenvalue weighted by molar-refractivity contribution is 5.98. The Morgan fingerprint density at radius 1 is 1.26 bits per heavy atom. The highest BCUT2D eigenvalue weighted by Crippen LogP contribution is 2.29. The van der Waals surface area contributed by atoms with Gasteiger partial charge in [0.2, 0.25) is 0 Å². The molecule has 2 N–H and O–H groups in total. The summed E-state index contributed by atoms with van der Waals surface area (Å²) < 4.78 is 53.7. The summed E-state index contributed by atoms with van der Waals surface area (Å²) in [5.41, 5.74) is 5.75. The number of carbonyl (C=O) groups excluding carboxylic acids is 1. The normalized spacial score (nSPS) is 13.4. The van der Waals surface area contributed by atoms with Crippen molar-refractivity contribution in [2.75, 3.05) is 5.73 Å². The van der Waals surface area contributed by atoms with Crippen molar-refractivity contribution in [2.24, 2.45) is 5.92 Å². The number of amides is 1. The van der Waals surface area contributed by atoms with Crippen molar-refractivity contribution in [2.45, 2.75) is 46.0 Å². The van der Waals surface area contributed by atoms with Gasteiger partial charge in [-0.25, -0.2) is 9.37 Å². The summed E-state index contributed by atoms with van der Waals surface area (Å²) in [7, 11) is 0. The number of pyridine rings is 2. The third kappa shape index (κ3) is 5.09. The fourth-order valence-electron chi connectivity index (χ4n) is 3.77. The molecule has 178 valence electrons. The molecule has 2 unspecified atom stereocenters. The van der Waals surface area contributed by atoms with E-state index in [0.29, 0.717) is 23.6 Å². The number of benzene rings is 1. The van der Waals surface area contributed by atoms with Gasteiger partial charge in [-0.2, -0.15) is 18.4 Å². The summed E-state index contributed by atoms with van der Waals surface area (Å²) in [6.45, 7) is 4.93. The lowest BCUT2D eigenvalue weighted by molar-refractivity contribution is -0.137. The predicted molar refractivity (Wildman–Crippen MR) is 119 cm³/mol. The van der Waals surface area contributed by atoms with E-state index in [0.717, 1.165) is 12.1 Å². The number of fused-ring (bicyclic) bond motifs is 1. The maximum Gasteiger partial charge on any atom is 0.417 e. The van der Waals surface area contributed by atoms with Crippen molar-refractivity contribution >= 4 is 22.6 Å². The maximum atomic E-state index is 15.0. The first kappa shape index (κ1) is 24.9. The number of alkyl halides is 3. The lowest BCUT2D eigenvalue weighted by Crippen LogP contribution is -2.43. The zero-order chi connectivity index (χ0) is 25.2. The van der Waals surface area contributed by atoms with E-state index < -0.39 is 35.4 Å². The van der Waals surface area contributed by atoms with Crippen molar-refractivity contribution in [1.29, 1.82) is 5.26 Å². The van der Waals surface area contributed by atoms with Crippen LogP contribution < -0.4 is 5.73 Å². The highest BCUT2D eigenvalue weighted by Gasteiger charge is 2.32. The van der Waals surface area contributed by atoms with Gasteiger partial charge < -0.3 is 10.6 Å². The molecule has 0 spiro atoms. The van der Waals surface area contributed by atoms with Gasteiger partial charge in [-0.05, 0) is 50.1 Å². The minimum Gasteiger partial charge on any atom is -0.383 e. The Morgan fingerprint density at radius 2 is 1.97 bits per heavy atom. The van der Waals surface area contributed by atoms with Gasteiger partial charge in [-0.1, -0.05) is 6.92 Å². The second kappa shape index (κ2) is 9.63. The Morgan fingerprint density at radius 3 is 2.53 bits per heavy atom. The molecule has 0 saturated carbocycles. The number of rotatable bonds is 6. The molecule has 0 aliphatic heterocycles. The smallest absolute Gasteiger partial charge is 0.383 e. The third-order valence-corrected chi connectivity index (χ3v) is 5.71. The molecule has 0 aliphatic carbocycles. The lowest BCUT2D eigenvalue weighted by atomic mass is 9.97. The average molecular weight is 473 g/mol. The van der Waals surface area contributed by atoms with Crippen LogP contribution in [0.3, 0.4) is 0 Å². The summed E-state index contributed by atoms with van der Waals surface area (Å²) in [4.78, 5) is 22.8. The minimum atomic E-state index is -4.55. The number of nitriles is 1. The van der Waals surface area contributed by atoms with Gasteiger partial charge in [0, 0.05) is 23.7 Å². The number of halogens is 4. The van der Waals surface area contributed by atoms with Gasteiger partial charge in [0.05, 0.1) is 40.9 Å². The molecule has 1 aromatic carbocycles. The minimum absolute atomic E-state index is 0.177. The Bertz CT molecular complexity index is 1250. The van der Waals surface area contributed by atoms with Crippen LogP contribution in [0, 0.1) is 30.0 Å². The van der Waals surface area contributed by atoms with Crippen LogP contribution in [0.4, 0.5) is 23.4 Å². The predicted octanol–water partition coefficient (Wildman–Crippen LogP) is 5.26. The summed E-state index contributed by atoms with van der Waals surface area (Å²) in [5.74, 6) is -1.90. The van der Waals surface area contributed by atoms with Crippen LogP contribution in [0.15, 0.2) is 36.5 Å². The average Bonchev–Trinajstić information content (AvgIpc) is 2.78. The van der Waals surface area contributed by atoms with Gasteiger partial charge in [0.15, 0.2) is 0 Å². The number of nitrogens with zero attached hydrogens (tertiary/aromatic N) is 4. The van der Waals surface area contributed by atoms with E-state index in [1.165, 1.54) is 17.0 Å². The van der Waals surface area contributed by atoms with Gasteiger partial charge in [-0.3, -0.25) is 9.78 Å². The van der Waals surface area contributed by atoms with Crippen molar-refractivity contribution in [3.8, 4) is 6.07 Å². The monoisotopic (exact) mass is 473 g/mol. The van der Waals surface area contributed by atoms with Gasteiger partial charge in [0.25, 0.3) is 5.91 Å². The number of aromatic nitrogens is 2. The van der Waals surface area contributed by atoms with Crippen LogP contribution in [0.25, 0.3) is 10.9 Å². The molecule has 34 heavy (non-hydrogen) atoms. The number of hydrogen-bond acceptors (Lipinski definition) is 5. The molecule has 2 atom stereocenters. The van der Waals surface area contributed by atoms with Crippen LogP contribution >= 0.6 is 0 Å². The molecule has 3 rings (SSSR count). The van der Waals surface area contributed by atoms with Gasteiger partial charge in [-0.15, -0.1) is 0 Å². The molecule has 3 aromatic rings. The molecule has 0 bridgehead atoms. The molecule has 0 saturated heterocycles. The SMILES string of the molecule is CCC(C(C)C#N)N(Cc1ccc(C(F)(F)F)cn1)C(=O)c1cc2cc(C)c(N)nc2cc1F. The lowest BCUT2D eigenvalue weighted by Gasteiger charge is -2.33. The maximum absolute atomic E-state index is 15.0. The van der Waals surface area contributed by atoms with E-state index in [2.05, 4.69) is 16.0 Å². The van der Waals surface area contributed by atoms with E-state index in [4.69, 9.17) is 5.73 Å². The Kier molecular flexibility index (Phi) is 7.05. The first-order valence-electron chi connectivity index (χ1n) is 10.5. The fourth-order valence-corrected chi connectivity index (χ4v) is 3.77. The molecule has 1 amide bonds. The van der Waals surface area contributed by atoms with E-state index >= 15 is 4.39 Å². The van der Waals surface area contributed by atoms with E-state index in [9.17, 15) is 23.2 Å². The Labute approximate surface area is 194 Å². The van der Waals surface area contributed by atoms with Gasteiger partial charge in [0.1, 0.15) is 11.6 Å². The zero-order valence-corrected chi connectivity index (χ0v) is 18.8. The van der Waals surface area contributed by atoms with E-state index in [-0.39, 0.29) is 29.1 Å². The van der Waals surface area contributed by atoms with Crippen LogP contribution in [-0.2, 0) is 12.7 Å². The van der Waals surface area contributed by atoms with Crippen molar-refractivity contribution < 1.29 is 22.4 Å². The van der Waals surface area contributed by atoms with Crippen molar-refractivity contribution in [3.63, 3.8) is 0 Å². The van der Waals surface area contributed by atoms with E-state index in [1.807, 2.05) is 0 Å². The standard InChI is InChI=1S/C24H23F4N5O/c1-4-21(14(3)10-29)33(12-17-6-5-16(11-31-17)24(26,27)28)23(34)18-8-15-7-13(2)22(30)32-20(15)9-19(18)25/h5-9,11,14,21H,4,12H2,1-3H3,(H2,30,32). The number of hydrogen-bond donors (Lipinski definition) is 1. The number of carbonyl (C=O) groups is 1. The molecule has 2 aromatic heterocycles. The first-order valence-corrected chi connectivity index (χ1v) is 10.5. The second-order valence-electron chi connectivity index (χ2n) is 8.08. The third-order valence-electron chi connectivity index (χ3n) is 5.71. The fraction of sp³-hybridized carbons (Fsp3) is 0.333. The topological polar surface area (TPSA) is 95.9 Å². The number of nitrogens with two attached hydrogens (primary N) is 1. The molecule has 0 fully saturated rings. The number of nitrogen functional groups attached to an aromatic ring is 1. The largest absolute Gasteiger partial charge is 0.417 e. The highest BCUT2D eigenvalue weighted by atomic mass is 19.4. The molecule has 0 aliphatic rings. The van der Waals surface area contributed by atoms with Crippen LogP contribution in [-0.4, -0.2) is 26.8 Å². The van der Waals surface area contributed by atoms with E-state index in [1.54, 1.807) is 26.8 Å². The summed E-state index contributed by atoms with van der Waals surface area (Å²) in [6.07, 6.45) is -3.50. The molecular formula is C24H23F4N5O. The zero-order valence-electron chi connectivity index (χ0n) is 18.8. The Balaban J connectivity index is 2.05.